The molecule has 1 saturated carbocycles. The zero-order valence-electron chi connectivity index (χ0n) is 15.5. The van der Waals surface area contributed by atoms with Gasteiger partial charge in [0.1, 0.15) is 5.75 Å². The van der Waals surface area contributed by atoms with E-state index in [1.165, 1.54) is 5.56 Å². The Morgan fingerprint density at radius 1 is 1.15 bits per heavy atom. The van der Waals surface area contributed by atoms with Crippen LogP contribution < -0.4 is 4.74 Å². The monoisotopic (exact) mass is 365 g/mol. The molecule has 3 atom stereocenters. The molecule has 1 heterocycles. The van der Waals surface area contributed by atoms with E-state index >= 15 is 0 Å². The number of fused-ring (bicyclic) bond motifs is 3. The number of carboxylic acid groups (broad SMARTS) is 1. The van der Waals surface area contributed by atoms with Gasteiger partial charge >= 0.3 is 5.97 Å². The van der Waals surface area contributed by atoms with Crippen molar-refractivity contribution < 1.29 is 19.4 Å². The van der Waals surface area contributed by atoms with Gasteiger partial charge in [-0.1, -0.05) is 18.6 Å². The van der Waals surface area contributed by atoms with Crippen molar-refractivity contribution in [3.63, 3.8) is 0 Å². The molecule has 1 fully saturated rings. The van der Waals surface area contributed by atoms with Gasteiger partial charge in [0, 0.05) is 24.2 Å². The summed E-state index contributed by atoms with van der Waals surface area (Å²) in [6.07, 6.45) is 3.23. The highest BCUT2D eigenvalue weighted by atomic mass is 16.5. The minimum absolute atomic E-state index is 0.0341. The van der Waals surface area contributed by atoms with Gasteiger partial charge in [-0.3, -0.25) is 4.99 Å². The van der Waals surface area contributed by atoms with E-state index in [0.717, 1.165) is 41.9 Å². The van der Waals surface area contributed by atoms with E-state index in [0.29, 0.717) is 5.92 Å². The second-order valence-electron chi connectivity index (χ2n) is 7.12. The lowest BCUT2D eigenvalue weighted by Gasteiger charge is -2.39. The number of rotatable bonds is 4. The fraction of sp³-hybridized carbons (Fsp3) is 0.364. The summed E-state index contributed by atoms with van der Waals surface area (Å²) in [6.45, 7) is 0. The highest BCUT2D eigenvalue weighted by molar-refractivity contribution is 6.15. The summed E-state index contributed by atoms with van der Waals surface area (Å²) in [5.74, 6) is 0.182. The smallest absolute Gasteiger partial charge is 0.335 e. The second-order valence-corrected chi connectivity index (χ2v) is 7.12. The molecule has 2 aliphatic rings. The van der Waals surface area contributed by atoms with Gasteiger partial charge in [-0.05, 0) is 48.7 Å². The van der Waals surface area contributed by atoms with Crippen LogP contribution >= 0.6 is 0 Å². The van der Waals surface area contributed by atoms with Gasteiger partial charge < -0.3 is 14.6 Å². The molecule has 5 heteroatoms. The van der Waals surface area contributed by atoms with Crippen LogP contribution in [0.3, 0.4) is 0 Å². The van der Waals surface area contributed by atoms with Crippen LogP contribution in [0.4, 0.5) is 0 Å². The zero-order valence-corrected chi connectivity index (χ0v) is 15.5. The molecule has 0 bridgehead atoms. The maximum atomic E-state index is 11.4. The number of carboxylic acids is 1. The molecule has 0 amide bonds. The minimum atomic E-state index is -0.937. The number of aromatic carboxylic acids is 1. The van der Waals surface area contributed by atoms with E-state index < -0.39 is 5.97 Å². The number of aliphatic imine (C=N–C) groups is 1. The Bertz CT molecular complexity index is 905. The summed E-state index contributed by atoms with van der Waals surface area (Å²) < 4.78 is 11.2. The van der Waals surface area contributed by atoms with Crippen LogP contribution in [0.25, 0.3) is 0 Å². The molecule has 140 valence electrons. The van der Waals surface area contributed by atoms with E-state index in [4.69, 9.17) is 14.5 Å². The zero-order chi connectivity index (χ0) is 19.0. The van der Waals surface area contributed by atoms with Crippen LogP contribution in [0.2, 0.25) is 0 Å². The third-order valence-corrected chi connectivity index (χ3v) is 5.67. The molecule has 2 aromatic rings. The Morgan fingerprint density at radius 3 is 2.74 bits per heavy atom. The normalized spacial score (nSPS) is 23.8. The van der Waals surface area contributed by atoms with Gasteiger partial charge in [-0.15, -0.1) is 0 Å². The third-order valence-electron chi connectivity index (χ3n) is 5.67. The predicted octanol–water partition coefficient (Wildman–Crippen LogP) is 3.90. The third kappa shape index (κ3) is 3.12. The van der Waals surface area contributed by atoms with Crippen molar-refractivity contribution in [1.82, 2.24) is 0 Å². The van der Waals surface area contributed by atoms with Crippen LogP contribution in [0.15, 0.2) is 47.5 Å². The lowest BCUT2D eigenvalue weighted by molar-refractivity contribution is 0.0461. The number of ether oxygens (including phenoxy) is 2. The molecular weight excluding hydrogens is 342 g/mol. The average Bonchev–Trinajstić information content (AvgIpc) is 2.72. The number of carbonyl (C=O) groups is 1. The fourth-order valence-electron chi connectivity index (χ4n) is 4.35. The summed E-state index contributed by atoms with van der Waals surface area (Å²) in [5.41, 5.74) is 4.18. The highest BCUT2D eigenvalue weighted by Gasteiger charge is 2.39. The summed E-state index contributed by atoms with van der Waals surface area (Å²) in [6, 6.07) is 13.1. The summed E-state index contributed by atoms with van der Waals surface area (Å²) in [5, 5.41) is 9.36. The Labute approximate surface area is 158 Å². The molecular formula is C22H23NO4. The maximum Gasteiger partial charge on any atom is 0.335 e. The molecule has 27 heavy (non-hydrogen) atoms. The highest BCUT2D eigenvalue weighted by Crippen LogP contribution is 2.43. The Morgan fingerprint density at radius 2 is 2.00 bits per heavy atom. The molecule has 0 radical (unpaired) electrons. The van der Waals surface area contributed by atoms with Gasteiger partial charge in [0.05, 0.1) is 30.5 Å². The first-order valence-corrected chi connectivity index (χ1v) is 9.25. The molecule has 0 aromatic heterocycles. The Hall–Kier alpha value is -2.66. The number of methoxy groups -OCH3 is 2. The quantitative estimate of drug-likeness (QED) is 0.892. The van der Waals surface area contributed by atoms with Gasteiger partial charge in [0.25, 0.3) is 0 Å². The predicted molar refractivity (Wildman–Crippen MR) is 103 cm³/mol. The van der Waals surface area contributed by atoms with E-state index in [2.05, 4.69) is 6.07 Å². The molecule has 4 rings (SSSR count). The summed E-state index contributed by atoms with van der Waals surface area (Å²) in [7, 11) is 3.42. The fourth-order valence-corrected chi connectivity index (χ4v) is 4.35. The number of nitrogens with zero attached hydrogens (tertiary/aromatic N) is 1. The van der Waals surface area contributed by atoms with Crippen LogP contribution in [0, 0.1) is 0 Å². The molecule has 1 unspecified atom stereocenters. The van der Waals surface area contributed by atoms with Gasteiger partial charge in [0.2, 0.25) is 0 Å². The number of hydrogen-bond acceptors (Lipinski definition) is 4. The SMILES string of the molecule is COc1ccc2c(c1)[C@H]1CCCC(OC)[C@@H]1N=C2c1cccc(C(=O)O)c1. The first kappa shape index (κ1) is 17.7. The van der Waals surface area contributed by atoms with Crippen molar-refractivity contribution in [3.05, 3.63) is 64.7 Å². The van der Waals surface area contributed by atoms with E-state index in [1.54, 1.807) is 32.4 Å². The number of hydrogen-bond donors (Lipinski definition) is 1. The van der Waals surface area contributed by atoms with E-state index in [-0.39, 0.29) is 17.7 Å². The molecule has 1 aliphatic heterocycles. The van der Waals surface area contributed by atoms with Crippen LogP contribution in [-0.4, -0.2) is 43.2 Å². The lowest BCUT2D eigenvalue weighted by Crippen LogP contribution is -2.40. The van der Waals surface area contributed by atoms with Crippen LogP contribution in [0.5, 0.6) is 5.75 Å². The Balaban J connectivity index is 1.88. The number of benzene rings is 2. The topological polar surface area (TPSA) is 68.1 Å². The van der Waals surface area contributed by atoms with Crippen molar-refractivity contribution in [2.24, 2.45) is 4.99 Å². The maximum absolute atomic E-state index is 11.4. The molecule has 0 saturated heterocycles. The summed E-state index contributed by atoms with van der Waals surface area (Å²) in [4.78, 5) is 16.5. The second kappa shape index (κ2) is 7.16. The van der Waals surface area contributed by atoms with Gasteiger partial charge in [-0.2, -0.15) is 0 Å². The van der Waals surface area contributed by atoms with Crippen molar-refractivity contribution >= 4 is 11.7 Å². The Kier molecular flexibility index (Phi) is 4.70. The molecule has 1 N–H and O–H groups in total. The standard InChI is InChI=1S/C22H23NO4/c1-26-15-9-10-17-18(12-15)16-7-4-8-19(27-2)21(16)23-20(17)13-5-3-6-14(11-13)22(24)25/h3,5-6,9-12,16,19,21H,4,7-8H2,1-2H3,(H,24,25)/t16-,19?,21-/m1/s1. The van der Waals surface area contributed by atoms with Crippen molar-refractivity contribution in [2.45, 2.75) is 37.3 Å². The van der Waals surface area contributed by atoms with Crippen molar-refractivity contribution in [3.8, 4) is 5.75 Å². The van der Waals surface area contributed by atoms with Crippen molar-refractivity contribution in [2.75, 3.05) is 14.2 Å². The van der Waals surface area contributed by atoms with Crippen LogP contribution in [-0.2, 0) is 4.74 Å². The van der Waals surface area contributed by atoms with Crippen molar-refractivity contribution in [1.29, 1.82) is 0 Å². The minimum Gasteiger partial charge on any atom is -0.497 e. The van der Waals surface area contributed by atoms with Gasteiger partial charge in [-0.25, -0.2) is 4.79 Å². The molecule has 1 aliphatic carbocycles. The molecule has 2 aromatic carbocycles. The lowest BCUT2D eigenvalue weighted by atomic mass is 9.73. The molecule has 0 spiro atoms. The first-order chi connectivity index (χ1) is 13.1. The van der Waals surface area contributed by atoms with Gasteiger partial charge in [0.15, 0.2) is 0 Å². The first-order valence-electron chi connectivity index (χ1n) is 9.25. The summed E-state index contributed by atoms with van der Waals surface area (Å²) >= 11 is 0. The molecule has 5 nitrogen and oxygen atoms in total. The van der Waals surface area contributed by atoms with Crippen LogP contribution in [0.1, 0.15) is 52.2 Å². The largest absolute Gasteiger partial charge is 0.497 e. The average molecular weight is 365 g/mol. The van der Waals surface area contributed by atoms with E-state index in [1.807, 2.05) is 18.2 Å². The van der Waals surface area contributed by atoms with E-state index in [9.17, 15) is 9.90 Å².